The molecular weight excluding hydrogens is 366 g/mol. The number of nitrogens with zero attached hydrogens (tertiary/aromatic N) is 2. The fourth-order valence-corrected chi connectivity index (χ4v) is 5.78. The summed E-state index contributed by atoms with van der Waals surface area (Å²) in [5.74, 6) is 0.789. The number of pyridine rings is 1. The van der Waals surface area contributed by atoms with Gasteiger partial charge in [-0.25, -0.2) is 4.98 Å². The van der Waals surface area contributed by atoms with Crippen molar-refractivity contribution in [2.24, 2.45) is 0 Å². The predicted octanol–water partition coefficient (Wildman–Crippen LogP) is 6.29. The van der Waals surface area contributed by atoms with Gasteiger partial charge in [-0.15, -0.1) is 11.3 Å². The average Bonchev–Trinajstić information content (AvgIpc) is 3.05. The summed E-state index contributed by atoms with van der Waals surface area (Å²) < 4.78 is 0. The largest absolute Gasteiger partial charge is 0.397 e. The van der Waals surface area contributed by atoms with Gasteiger partial charge in [0.15, 0.2) is 5.78 Å². The first kappa shape index (κ1) is 19.7. The Balaban J connectivity index is 1.38. The summed E-state index contributed by atoms with van der Waals surface area (Å²) in [4.78, 5) is 21.8. The van der Waals surface area contributed by atoms with E-state index in [0.717, 1.165) is 41.0 Å². The van der Waals surface area contributed by atoms with Gasteiger partial charge in [-0.1, -0.05) is 51.9 Å². The highest BCUT2D eigenvalue weighted by molar-refractivity contribution is 7.21. The van der Waals surface area contributed by atoms with Gasteiger partial charge in [0.05, 0.1) is 21.9 Å². The lowest BCUT2D eigenvalue weighted by Gasteiger charge is -2.41. The first-order valence-electron chi connectivity index (χ1n) is 11.2. The standard InChI is InChI=1S/C23H33N3OS/c1-2-3-4-5-6-7-8-9-10-19(27)22-20(24)17-15-18-21(25-23(17)28-22)16-11-13-26(18)14-12-16/h15-16H,2-14,24H2,1H3. The molecule has 0 aromatic carbocycles. The van der Waals surface area contributed by atoms with Crippen LogP contribution in [0.1, 0.15) is 98.8 Å². The lowest BCUT2D eigenvalue weighted by atomic mass is 9.86. The summed E-state index contributed by atoms with van der Waals surface area (Å²) in [5, 5.41) is 0.982. The maximum atomic E-state index is 12.8. The number of nitrogen functional groups attached to an aromatic ring is 1. The molecule has 0 amide bonds. The summed E-state index contributed by atoms with van der Waals surface area (Å²) in [6.07, 6.45) is 13.0. The van der Waals surface area contributed by atoms with Gasteiger partial charge in [0.1, 0.15) is 4.83 Å². The van der Waals surface area contributed by atoms with Crippen molar-refractivity contribution in [3.8, 4) is 0 Å². The second-order valence-electron chi connectivity index (χ2n) is 8.50. The third-order valence-electron chi connectivity index (χ3n) is 6.46. The Kier molecular flexibility index (Phi) is 6.19. The van der Waals surface area contributed by atoms with Gasteiger partial charge >= 0.3 is 0 Å². The molecule has 0 spiro atoms. The Bertz CT molecular complexity index is 836. The van der Waals surface area contributed by atoms with Gasteiger partial charge in [-0.3, -0.25) is 4.79 Å². The molecule has 2 aromatic rings. The summed E-state index contributed by atoms with van der Waals surface area (Å²) in [7, 11) is 0. The minimum atomic E-state index is 0.202. The van der Waals surface area contributed by atoms with Gasteiger partial charge in [-0.2, -0.15) is 0 Å². The predicted molar refractivity (Wildman–Crippen MR) is 120 cm³/mol. The Morgan fingerprint density at radius 1 is 1.14 bits per heavy atom. The third kappa shape index (κ3) is 3.91. The van der Waals surface area contributed by atoms with Crippen LogP contribution in [0.3, 0.4) is 0 Å². The molecule has 5 heteroatoms. The van der Waals surface area contributed by atoms with E-state index in [1.807, 2.05) is 0 Å². The van der Waals surface area contributed by atoms with Crippen molar-refractivity contribution in [3.05, 3.63) is 16.6 Å². The molecule has 3 aliphatic heterocycles. The molecule has 0 saturated carbocycles. The monoisotopic (exact) mass is 399 g/mol. The molecule has 5 heterocycles. The Hall–Kier alpha value is -1.62. The maximum absolute atomic E-state index is 12.8. The van der Waals surface area contributed by atoms with Crippen molar-refractivity contribution < 1.29 is 4.79 Å². The number of piperidine rings is 1. The zero-order chi connectivity index (χ0) is 19.5. The summed E-state index contributed by atoms with van der Waals surface area (Å²) in [6, 6.07) is 2.20. The van der Waals surface area contributed by atoms with E-state index in [1.54, 1.807) is 0 Å². The second kappa shape index (κ2) is 8.81. The van der Waals surface area contributed by atoms with E-state index in [9.17, 15) is 4.79 Å². The van der Waals surface area contributed by atoms with Crippen molar-refractivity contribution in [3.63, 3.8) is 0 Å². The van der Waals surface area contributed by atoms with Crippen molar-refractivity contribution >= 4 is 38.7 Å². The zero-order valence-corrected chi connectivity index (χ0v) is 18.0. The first-order valence-corrected chi connectivity index (χ1v) is 12.0. The molecular formula is C23H33N3OS. The summed E-state index contributed by atoms with van der Waals surface area (Å²) in [5.41, 5.74) is 9.54. The van der Waals surface area contributed by atoms with E-state index in [-0.39, 0.29) is 5.78 Å². The number of hydrogen-bond acceptors (Lipinski definition) is 5. The summed E-state index contributed by atoms with van der Waals surface area (Å²) >= 11 is 1.51. The molecule has 2 aromatic heterocycles. The SMILES string of the molecule is CCCCCCCCCCC(=O)c1sc2nc3c(cc2c1N)N1CCC3CC1. The molecule has 5 rings (SSSR count). The van der Waals surface area contributed by atoms with E-state index in [1.165, 1.54) is 74.1 Å². The highest BCUT2D eigenvalue weighted by atomic mass is 32.1. The third-order valence-corrected chi connectivity index (χ3v) is 7.62. The molecule has 4 nitrogen and oxygen atoms in total. The van der Waals surface area contributed by atoms with E-state index in [2.05, 4.69) is 17.9 Å². The van der Waals surface area contributed by atoms with E-state index >= 15 is 0 Å². The first-order chi connectivity index (χ1) is 13.7. The zero-order valence-electron chi connectivity index (χ0n) is 17.1. The highest BCUT2D eigenvalue weighted by Crippen LogP contribution is 2.45. The number of anilines is 2. The molecule has 28 heavy (non-hydrogen) atoms. The molecule has 3 aliphatic rings. The van der Waals surface area contributed by atoms with Crippen molar-refractivity contribution in [2.75, 3.05) is 23.7 Å². The Labute approximate surface area is 172 Å². The van der Waals surface area contributed by atoms with Crippen LogP contribution >= 0.6 is 11.3 Å². The number of aromatic nitrogens is 1. The average molecular weight is 400 g/mol. The number of hydrogen-bond donors (Lipinski definition) is 1. The molecule has 1 fully saturated rings. The van der Waals surface area contributed by atoms with Crippen LogP contribution in [0.4, 0.5) is 11.4 Å². The van der Waals surface area contributed by atoms with Crippen LogP contribution in [-0.2, 0) is 0 Å². The summed E-state index contributed by atoms with van der Waals surface area (Å²) in [6.45, 7) is 4.50. The van der Waals surface area contributed by atoms with E-state index in [4.69, 9.17) is 10.7 Å². The molecule has 0 aliphatic carbocycles. The van der Waals surface area contributed by atoms with E-state index < -0.39 is 0 Å². The van der Waals surface area contributed by atoms with E-state index in [0.29, 0.717) is 18.0 Å². The smallest absolute Gasteiger partial charge is 0.174 e. The van der Waals surface area contributed by atoms with Crippen LogP contribution in [0.5, 0.6) is 0 Å². The quantitative estimate of drug-likeness (QED) is 0.377. The lowest BCUT2D eigenvalue weighted by Crippen LogP contribution is -2.39. The molecule has 0 atom stereocenters. The van der Waals surface area contributed by atoms with Crippen LogP contribution in [0.25, 0.3) is 10.2 Å². The highest BCUT2D eigenvalue weighted by Gasteiger charge is 2.33. The van der Waals surface area contributed by atoms with Gasteiger partial charge in [-0.05, 0) is 25.3 Å². The number of fused-ring (bicyclic) bond motifs is 3. The molecule has 0 radical (unpaired) electrons. The number of unbranched alkanes of at least 4 members (excludes halogenated alkanes) is 7. The molecule has 0 unspecified atom stereocenters. The molecule has 2 bridgehead atoms. The van der Waals surface area contributed by atoms with Crippen LogP contribution < -0.4 is 10.6 Å². The van der Waals surface area contributed by atoms with Crippen molar-refractivity contribution in [1.82, 2.24) is 4.98 Å². The lowest BCUT2D eigenvalue weighted by molar-refractivity contribution is 0.0984. The maximum Gasteiger partial charge on any atom is 0.174 e. The molecule has 2 N–H and O–H groups in total. The number of ketones is 1. The number of carbonyl (C=O) groups is 1. The van der Waals surface area contributed by atoms with Crippen molar-refractivity contribution in [1.29, 1.82) is 0 Å². The molecule has 152 valence electrons. The van der Waals surface area contributed by atoms with Gasteiger partial charge in [0.2, 0.25) is 0 Å². The number of carbonyl (C=O) groups excluding carboxylic acids is 1. The Morgan fingerprint density at radius 3 is 2.54 bits per heavy atom. The van der Waals surface area contributed by atoms with Crippen LogP contribution in [0, 0.1) is 0 Å². The minimum absolute atomic E-state index is 0.202. The number of thiophene rings is 1. The van der Waals surface area contributed by atoms with Crippen molar-refractivity contribution in [2.45, 2.75) is 83.5 Å². The molecule has 1 saturated heterocycles. The fourth-order valence-electron chi connectivity index (χ4n) is 4.73. The second-order valence-corrected chi connectivity index (χ2v) is 9.50. The van der Waals surface area contributed by atoms with Crippen LogP contribution in [0.15, 0.2) is 6.07 Å². The normalized spacial score (nSPS) is 16.1. The number of nitrogens with two attached hydrogens (primary N) is 1. The topological polar surface area (TPSA) is 59.2 Å². The fraction of sp³-hybridized carbons (Fsp3) is 0.652. The van der Waals surface area contributed by atoms with Gasteiger partial charge < -0.3 is 10.6 Å². The van der Waals surface area contributed by atoms with Crippen LogP contribution in [0.2, 0.25) is 0 Å². The van der Waals surface area contributed by atoms with Gasteiger partial charge in [0.25, 0.3) is 0 Å². The van der Waals surface area contributed by atoms with Gasteiger partial charge in [0, 0.05) is 30.8 Å². The number of rotatable bonds is 10. The van der Waals surface area contributed by atoms with Crippen LogP contribution in [-0.4, -0.2) is 23.9 Å². The minimum Gasteiger partial charge on any atom is -0.397 e. The number of Topliss-reactive ketones (excluding diaryl/α,β-unsaturated/α-hetero) is 1. The Morgan fingerprint density at radius 2 is 1.82 bits per heavy atom.